The molecule has 0 heterocycles. The van der Waals surface area contributed by atoms with Gasteiger partial charge in [-0.25, -0.2) is 0 Å². The van der Waals surface area contributed by atoms with Crippen molar-refractivity contribution in [1.82, 2.24) is 0 Å². The second kappa shape index (κ2) is 10.2. The predicted octanol–water partition coefficient (Wildman–Crippen LogP) is 5.65. The SMILES string of the molecule is C=CC(C=C)(C=C)CCCOCCCC(C=C)(C=C)C=C. The number of hydrogen-bond donors (Lipinski definition) is 0. The lowest BCUT2D eigenvalue weighted by Crippen LogP contribution is -2.13. The molecule has 0 spiro atoms. The van der Waals surface area contributed by atoms with E-state index in [2.05, 4.69) is 39.5 Å². The fourth-order valence-electron chi connectivity index (χ4n) is 2.18. The van der Waals surface area contributed by atoms with Crippen LogP contribution in [0.3, 0.4) is 0 Å². The van der Waals surface area contributed by atoms with Crippen LogP contribution in [0.1, 0.15) is 25.7 Å². The van der Waals surface area contributed by atoms with E-state index in [4.69, 9.17) is 4.74 Å². The molecule has 116 valence electrons. The van der Waals surface area contributed by atoms with E-state index < -0.39 is 0 Å². The molecule has 0 bridgehead atoms. The Kier molecular flexibility index (Phi) is 9.40. The second-order valence-electron chi connectivity index (χ2n) is 5.27. The molecular weight excluding hydrogens is 256 g/mol. The average molecular weight is 286 g/mol. The van der Waals surface area contributed by atoms with Crippen LogP contribution in [0.2, 0.25) is 0 Å². The number of rotatable bonds is 14. The van der Waals surface area contributed by atoms with Crippen molar-refractivity contribution in [2.45, 2.75) is 25.7 Å². The molecule has 0 aliphatic heterocycles. The van der Waals surface area contributed by atoms with E-state index in [9.17, 15) is 0 Å². The van der Waals surface area contributed by atoms with Gasteiger partial charge >= 0.3 is 0 Å². The highest BCUT2D eigenvalue weighted by atomic mass is 16.5. The highest BCUT2D eigenvalue weighted by Gasteiger charge is 2.18. The van der Waals surface area contributed by atoms with Crippen molar-refractivity contribution < 1.29 is 4.74 Å². The zero-order chi connectivity index (χ0) is 16.2. The van der Waals surface area contributed by atoms with Crippen molar-refractivity contribution >= 4 is 0 Å². The van der Waals surface area contributed by atoms with Gasteiger partial charge in [0, 0.05) is 24.0 Å². The molecule has 0 aliphatic carbocycles. The van der Waals surface area contributed by atoms with Crippen LogP contribution in [0.15, 0.2) is 75.9 Å². The summed E-state index contributed by atoms with van der Waals surface area (Å²) in [5, 5.41) is 0. The molecule has 0 unspecified atom stereocenters. The van der Waals surface area contributed by atoms with Gasteiger partial charge in [0.15, 0.2) is 0 Å². The second-order valence-corrected chi connectivity index (χ2v) is 5.27. The van der Waals surface area contributed by atoms with E-state index in [1.165, 1.54) is 0 Å². The van der Waals surface area contributed by atoms with E-state index in [0.717, 1.165) is 38.9 Å². The molecule has 0 N–H and O–H groups in total. The third-order valence-electron chi connectivity index (χ3n) is 4.08. The van der Waals surface area contributed by atoms with Crippen molar-refractivity contribution in [3.8, 4) is 0 Å². The third-order valence-corrected chi connectivity index (χ3v) is 4.08. The van der Waals surface area contributed by atoms with E-state index in [1.807, 2.05) is 36.5 Å². The predicted molar refractivity (Wildman–Crippen MR) is 95.3 cm³/mol. The van der Waals surface area contributed by atoms with Crippen LogP contribution in [0.5, 0.6) is 0 Å². The summed E-state index contributed by atoms with van der Waals surface area (Å²) >= 11 is 0. The van der Waals surface area contributed by atoms with Gasteiger partial charge in [0.25, 0.3) is 0 Å². The maximum absolute atomic E-state index is 5.69. The van der Waals surface area contributed by atoms with E-state index >= 15 is 0 Å². The van der Waals surface area contributed by atoms with Crippen molar-refractivity contribution in [2.24, 2.45) is 10.8 Å². The summed E-state index contributed by atoms with van der Waals surface area (Å²) < 4.78 is 5.69. The van der Waals surface area contributed by atoms with E-state index in [0.29, 0.717) is 0 Å². The molecule has 0 aromatic carbocycles. The largest absolute Gasteiger partial charge is 0.381 e. The first-order valence-corrected chi connectivity index (χ1v) is 7.47. The average Bonchev–Trinajstić information content (AvgIpc) is 2.55. The summed E-state index contributed by atoms with van der Waals surface area (Å²) in [6.07, 6.45) is 15.1. The first-order chi connectivity index (χ1) is 10.1. The molecule has 0 atom stereocenters. The van der Waals surface area contributed by atoms with E-state index in [-0.39, 0.29) is 10.8 Å². The minimum Gasteiger partial charge on any atom is -0.381 e. The van der Waals surface area contributed by atoms with Gasteiger partial charge in [-0.05, 0) is 25.7 Å². The first kappa shape index (κ1) is 19.4. The van der Waals surface area contributed by atoms with Gasteiger partial charge in [-0.3, -0.25) is 0 Å². The number of allylic oxidation sites excluding steroid dienone is 6. The summed E-state index contributed by atoms with van der Waals surface area (Å²) in [5.41, 5.74) is -0.347. The van der Waals surface area contributed by atoms with Crippen LogP contribution < -0.4 is 0 Å². The van der Waals surface area contributed by atoms with Crippen LogP contribution in [0, 0.1) is 10.8 Å². The minimum absolute atomic E-state index is 0.174. The lowest BCUT2D eigenvalue weighted by atomic mass is 9.83. The molecule has 0 radical (unpaired) electrons. The van der Waals surface area contributed by atoms with E-state index in [1.54, 1.807) is 0 Å². The van der Waals surface area contributed by atoms with Crippen molar-refractivity contribution in [3.05, 3.63) is 75.9 Å². The van der Waals surface area contributed by atoms with Gasteiger partial charge in [-0.15, -0.1) is 39.5 Å². The molecule has 0 rings (SSSR count). The fourth-order valence-corrected chi connectivity index (χ4v) is 2.18. The Balaban J connectivity index is 3.93. The smallest absolute Gasteiger partial charge is 0.0466 e. The highest BCUT2D eigenvalue weighted by molar-refractivity contribution is 5.16. The quantitative estimate of drug-likeness (QED) is 0.296. The molecule has 0 aromatic heterocycles. The monoisotopic (exact) mass is 286 g/mol. The maximum Gasteiger partial charge on any atom is 0.0466 e. The Hall–Kier alpha value is -1.60. The molecule has 0 fully saturated rings. The van der Waals surface area contributed by atoms with Crippen LogP contribution in [-0.4, -0.2) is 13.2 Å². The molecule has 21 heavy (non-hydrogen) atoms. The van der Waals surface area contributed by atoms with Gasteiger partial charge in [-0.1, -0.05) is 36.5 Å². The number of ether oxygens (including phenoxy) is 1. The molecule has 0 aliphatic rings. The number of hydrogen-bond acceptors (Lipinski definition) is 1. The summed E-state index contributed by atoms with van der Waals surface area (Å²) in [6, 6.07) is 0. The van der Waals surface area contributed by atoms with Gasteiger partial charge < -0.3 is 4.74 Å². The molecule has 0 aromatic rings. The highest BCUT2D eigenvalue weighted by Crippen LogP contribution is 2.29. The van der Waals surface area contributed by atoms with Gasteiger partial charge in [-0.2, -0.15) is 0 Å². The van der Waals surface area contributed by atoms with Crippen molar-refractivity contribution in [1.29, 1.82) is 0 Å². The lowest BCUT2D eigenvalue weighted by molar-refractivity contribution is 0.120. The summed E-state index contributed by atoms with van der Waals surface area (Å²) in [6.45, 7) is 24.6. The Morgan fingerprint density at radius 2 is 0.857 bits per heavy atom. The fraction of sp³-hybridized carbons (Fsp3) is 0.400. The lowest BCUT2D eigenvalue weighted by Gasteiger charge is -2.23. The first-order valence-electron chi connectivity index (χ1n) is 7.47. The Bertz CT molecular complexity index is 296. The molecular formula is C20H30O. The zero-order valence-electron chi connectivity index (χ0n) is 13.4. The van der Waals surface area contributed by atoms with Gasteiger partial charge in [0.05, 0.1) is 0 Å². The normalized spacial score (nSPS) is 11.4. The summed E-state index contributed by atoms with van der Waals surface area (Å²) in [5.74, 6) is 0. The molecule has 1 nitrogen and oxygen atoms in total. The molecule has 0 saturated heterocycles. The van der Waals surface area contributed by atoms with Crippen LogP contribution in [-0.2, 0) is 4.74 Å². The summed E-state index contributed by atoms with van der Waals surface area (Å²) in [4.78, 5) is 0. The third kappa shape index (κ3) is 6.14. The standard InChI is InChI=1S/C20H30O/c1-7-19(8-2,9-3)15-13-17-21-18-14-16-20(10-4,11-5)12-6/h7-12H,1-6,13-18H2. The van der Waals surface area contributed by atoms with Crippen LogP contribution in [0.25, 0.3) is 0 Å². The summed E-state index contributed by atoms with van der Waals surface area (Å²) in [7, 11) is 0. The molecule has 0 amide bonds. The Morgan fingerprint density at radius 3 is 1.10 bits per heavy atom. The van der Waals surface area contributed by atoms with Crippen LogP contribution in [0.4, 0.5) is 0 Å². The van der Waals surface area contributed by atoms with Gasteiger partial charge in [0.1, 0.15) is 0 Å². The topological polar surface area (TPSA) is 9.23 Å². The minimum atomic E-state index is -0.174. The Morgan fingerprint density at radius 1 is 0.571 bits per heavy atom. The maximum atomic E-state index is 5.69. The van der Waals surface area contributed by atoms with Crippen LogP contribution >= 0.6 is 0 Å². The Labute approximate surface area is 131 Å². The van der Waals surface area contributed by atoms with Crippen molar-refractivity contribution in [3.63, 3.8) is 0 Å². The van der Waals surface area contributed by atoms with Crippen molar-refractivity contribution in [2.75, 3.05) is 13.2 Å². The van der Waals surface area contributed by atoms with Gasteiger partial charge in [0.2, 0.25) is 0 Å². The molecule has 0 saturated carbocycles. The molecule has 1 heteroatoms. The zero-order valence-corrected chi connectivity index (χ0v) is 13.4.